The number of hydrogen-bond donors (Lipinski definition) is 0. The van der Waals surface area contributed by atoms with Crippen LogP contribution in [0.4, 0.5) is 4.39 Å². The molecule has 2 heterocycles. The van der Waals surface area contributed by atoms with Gasteiger partial charge in [-0.15, -0.1) is 0 Å². The second-order valence-corrected chi connectivity index (χ2v) is 9.31. The van der Waals surface area contributed by atoms with E-state index < -0.39 is 0 Å². The Hall–Kier alpha value is -3.38. The fourth-order valence-corrected chi connectivity index (χ4v) is 5.13. The molecule has 1 aliphatic heterocycles. The predicted octanol–water partition coefficient (Wildman–Crippen LogP) is 5.70. The minimum Gasteiger partial charge on any atom is -0.496 e. The summed E-state index contributed by atoms with van der Waals surface area (Å²) in [5, 5.41) is 0. The summed E-state index contributed by atoms with van der Waals surface area (Å²) in [6.45, 7) is 3.61. The number of methoxy groups -OCH3 is 2. The van der Waals surface area contributed by atoms with Crippen molar-refractivity contribution < 1.29 is 13.9 Å². The van der Waals surface area contributed by atoms with Crippen LogP contribution in [0.25, 0.3) is 11.0 Å². The van der Waals surface area contributed by atoms with Crippen molar-refractivity contribution in [2.45, 2.75) is 32.4 Å². The molecule has 35 heavy (non-hydrogen) atoms. The number of para-hydroxylation sites is 3. The highest BCUT2D eigenvalue weighted by Crippen LogP contribution is 2.28. The number of rotatable bonds is 8. The maximum atomic E-state index is 13.7. The average molecular weight is 474 g/mol. The highest BCUT2D eigenvalue weighted by molar-refractivity contribution is 5.76. The maximum Gasteiger partial charge on any atom is 0.165 e. The molecule has 0 unspecified atom stereocenters. The molecule has 5 rings (SSSR count). The predicted molar refractivity (Wildman–Crippen MR) is 136 cm³/mol. The first kappa shape index (κ1) is 23.4. The van der Waals surface area contributed by atoms with E-state index in [1.807, 2.05) is 24.3 Å². The highest BCUT2D eigenvalue weighted by Gasteiger charge is 2.23. The Labute approximate surface area is 206 Å². The quantitative estimate of drug-likeness (QED) is 0.329. The van der Waals surface area contributed by atoms with E-state index in [0.29, 0.717) is 11.7 Å². The minimum absolute atomic E-state index is 0.311. The lowest BCUT2D eigenvalue weighted by Gasteiger charge is -2.32. The van der Waals surface area contributed by atoms with E-state index in [9.17, 15) is 4.39 Å². The second-order valence-electron chi connectivity index (χ2n) is 9.31. The molecule has 182 valence electrons. The topological polar surface area (TPSA) is 39.5 Å². The summed E-state index contributed by atoms with van der Waals surface area (Å²) in [7, 11) is 3.23. The van der Waals surface area contributed by atoms with Crippen LogP contribution < -0.4 is 9.47 Å². The number of nitrogens with zero attached hydrogens (tertiary/aromatic N) is 3. The molecule has 0 spiro atoms. The van der Waals surface area contributed by atoms with Crippen molar-refractivity contribution >= 4 is 11.0 Å². The van der Waals surface area contributed by atoms with Gasteiger partial charge in [-0.2, -0.15) is 0 Å². The van der Waals surface area contributed by atoms with Crippen LogP contribution in [0.3, 0.4) is 0 Å². The number of likely N-dealkylation sites (tertiary alicyclic amines) is 1. The zero-order valence-corrected chi connectivity index (χ0v) is 20.4. The summed E-state index contributed by atoms with van der Waals surface area (Å²) in [5.74, 6) is 2.63. The van der Waals surface area contributed by atoms with E-state index in [4.69, 9.17) is 14.5 Å². The van der Waals surface area contributed by atoms with Gasteiger partial charge in [-0.25, -0.2) is 9.37 Å². The van der Waals surface area contributed by atoms with Crippen LogP contribution in [-0.2, 0) is 19.5 Å². The molecule has 1 aromatic heterocycles. The molecule has 6 heteroatoms. The Morgan fingerprint density at radius 3 is 2.43 bits per heavy atom. The van der Waals surface area contributed by atoms with Crippen molar-refractivity contribution in [2.75, 3.05) is 27.3 Å². The van der Waals surface area contributed by atoms with Crippen molar-refractivity contribution in [3.63, 3.8) is 0 Å². The van der Waals surface area contributed by atoms with Crippen molar-refractivity contribution in [2.24, 2.45) is 5.92 Å². The Bertz CT molecular complexity index is 1290. The first-order valence-electron chi connectivity index (χ1n) is 12.3. The summed E-state index contributed by atoms with van der Waals surface area (Å²) in [6.07, 6.45) is 3.20. The SMILES string of the molecule is COc1cc(CN2CCC(Cc3nc4ccccc4n3Cc3ccccc3OC)CC2)ccc1F. The molecule has 0 amide bonds. The molecule has 0 bridgehead atoms. The van der Waals surface area contributed by atoms with Crippen LogP contribution in [0.15, 0.2) is 66.7 Å². The molecule has 0 radical (unpaired) electrons. The Morgan fingerprint density at radius 2 is 1.63 bits per heavy atom. The van der Waals surface area contributed by atoms with Crippen molar-refractivity contribution in [3.05, 3.63) is 89.5 Å². The molecule has 1 fully saturated rings. The van der Waals surface area contributed by atoms with Crippen LogP contribution in [0, 0.1) is 11.7 Å². The van der Waals surface area contributed by atoms with Crippen LogP contribution >= 0.6 is 0 Å². The number of piperidine rings is 1. The van der Waals surface area contributed by atoms with E-state index in [2.05, 4.69) is 45.9 Å². The zero-order valence-electron chi connectivity index (χ0n) is 20.4. The summed E-state index contributed by atoms with van der Waals surface area (Å²) < 4.78 is 26.8. The van der Waals surface area contributed by atoms with E-state index in [-0.39, 0.29) is 5.82 Å². The molecule has 1 aliphatic rings. The van der Waals surface area contributed by atoms with Gasteiger partial charge in [0.15, 0.2) is 11.6 Å². The van der Waals surface area contributed by atoms with Gasteiger partial charge in [0.1, 0.15) is 11.6 Å². The standard InChI is InChI=1S/C29H32FN3O2/c1-34-27-10-6-3-7-23(27)20-33-26-9-5-4-8-25(26)31-29(33)18-21-13-15-32(16-14-21)19-22-11-12-24(30)28(17-22)35-2/h3-12,17,21H,13-16,18-20H2,1-2H3. The van der Waals surface area contributed by atoms with Crippen molar-refractivity contribution in [3.8, 4) is 11.5 Å². The summed E-state index contributed by atoms with van der Waals surface area (Å²) in [5.41, 5.74) is 4.44. The highest BCUT2D eigenvalue weighted by atomic mass is 19.1. The molecule has 1 saturated heterocycles. The lowest BCUT2D eigenvalue weighted by Crippen LogP contribution is -2.34. The Kier molecular flexibility index (Phi) is 7.00. The lowest BCUT2D eigenvalue weighted by atomic mass is 9.93. The molecule has 5 nitrogen and oxygen atoms in total. The number of fused-ring (bicyclic) bond motifs is 1. The number of benzene rings is 3. The van der Waals surface area contributed by atoms with Crippen molar-refractivity contribution in [1.29, 1.82) is 0 Å². The van der Waals surface area contributed by atoms with E-state index in [1.165, 1.54) is 13.2 Å². The smallest absolute Gasteiger partial charge is 0.165 e. The molecule has 0 saturated carbocycles. The molecular formula is C29H32FN3O2. The molecule has 0 aliphatic carbocycles. The van der Waals surface area contributed by atoms with Gasteiger partial charge < -0.3 is 14.0 Å². The lowest BCUT2D eigenvalue weighted by molar-refractivity contribution is 0.175. The third-order valence-corrected chi connectivity index (χ3v) is 7.05. The third-order valence-electron chi connectivity index (χ3n) is 7.05. The van der Waals surface area contributed by atoms with Gasteiger partial charge in [-0.05, 0) is 67.7 Å². The van der Waals surface area contributed by atoms with Crippen LogP contribution in [0.2, 0.25) is 0 Å². The van der Waals surface area contributed by atoms with Gasteiger partial charge in [0.25, 0.3) is 0 Å². The van der Waals surface area contributed by atoms with Crippen LogP contribution in [0.1, 0.15) is 29.8 Å². The minimum atomic E-state index is -0.314. The largest absolute Gasteiger partial charge is 0.496 e. The van der Waals surface area contributed by atoms with Crippen LogP contribution in [0.5, 0.6) is 11.5 Å². The molecule has 0 N–H and O–H groups in total. The van der Waals surface area contributed by atoms with E-state index in [0.717, 1.165) is 79.2 Å². The first-order valence-corrected chi connectivity index (χ1v) is 12.3. The monoisotopic (exact) mass is 473 g/mol. The number of hydrogen-bond acceptors (Lipinski definition) is 4. The second kappa shape index (κ2) is 10.5. The summed E-state index contributed by atoms with van der Waals surface area (Å²) >= 11 is 0. The number of aromatic nitrogens is 2. The number of imidazole rings is 1. The van der Waals surface area contributed by atoms with Gasteiger partial charge in [0.05, 0.1) is 31.8 Å². The van der Waals surface area contributed by atoms with E-state index >= 15 is 0 Å². The normalized spacial score (nSPS) is 14.9. The van der Waals surface area contributed by atoms with Gasteiger partial charge >= 0.3 is 0 Å². The zero-order chi connectivity index (χ0) is 24.2. The fraction of sp³-hybridized carbons (Fsp3) is 0.345. The van der Waals surface area contributed by atoms with Gasteiger partial charge in [-0.1, -0.05) is 36.4 Å². The average Bonchev–Trinajstić information content (AvgIpc) is 3.23. The summed E-state index contributed by atoms with van der Waals surface area (Å²) in [6, 6.07) is 21.7. The number of ether oxygens (including phenoxy) is 2. The molecular weight excluding hydrogens is 441 g/mol. The summed E-state index contributed by atoms with van der Waals surface area (Å²) in [4.78, 5) is 7.48. The van der Waals surface area contributed by atoms with Gasteiger partial charge in [0, 0.05) is 18.5 Å². The van der Waals surface area contributed by atoms with Crippen molar-refractivity contribution in [1.82, 2.24) is 14.5 Å². The fourth-order valence-electron chi connectivity index (χ4n) is 5.13. The molecule has 4 aromatic rings. The van der Waals surface area contributed by atoms with E-state index in [1.54, 1.807) is 7.11 Å². The first-order chi connectivity index (χ1) is 17.1. The van der Waals surface area contributed by atoms with Crippen LogP contribution in [-0.4, -0.2) is 41.8 Å². The van der Waals surface area contributed by atoms with Gasteiger partial charge in [0.2, 0.25) is 0 Å². The molecule has 3 aromatic carbocycles. The third kappa shape index (κ3) is 5.17. The molecule has 0 atom stereocenters. The Morgan fingerprint density at radius 1 is 0.886 bits per heavy atom. The maximum absolute atomic E-state index is 13.7. The Balaban J connectivity index is 1.28. The van der Waals surface area contributed by atoms with Gasteiger partial charge in [-0.3, -0.25) is 4.90 Å². The number of halogens is 1.